The largest absolute Gasteiger partial charge is 0.340 e. The van der Waals surface area contributed by atoms with Gasteiger partial charge in [-0.15, -0.1) is 12.4 Å². The molecule has 2 N–H and O–H groups in total. The number of anilines is 1. The van der Waals surface area contributed by atoms with Gasteiger partial charge in [-0.25, -0.2) is 4.98 Å². The van der Waals surface area contributed by atoms with E-state index in [-0.39, 0.29) is 30.7 Å². The number of carbonyl (C=O) groups is 2. The third-order valence-electron chi connectivity index (χ3n) is 3.77. The van der Waals surface area contributed by atoms with Gasteiger partial charge in [0.2, 0.25) is 11.7 Å². The van der Waals surface area contributed by atoms with Crippen LogP contribution in [0.4, 0.5) is 5.95 Å². The maximum absolute atomic E-state index is 11.3. The summed E-state index contributed by atoms with van der Waals surface area (Å²) in [5, 5.41) is 7.87. The second kappa shape index (κ2) is 6.88. The number of halogens is 1. The fourth-order valence-corrected chi connectivity index (χ4v) is 2.46. The van der Waals surface area contributed by atoms with Crippen molar-refractivity contribution in [3.05, 3.63) is 11.8 Å². The summed E-state index contributed by atoms with van der Waals surface area (Å²) in [5.41, 5.74) is 0.997. The molecule has 0 atom stereocenters. The number of rotatable bonds is 4. The van der Waals surface area contributed by atoms with Crippen LogP contribution in [-0.2, 0) is 16.1 Å². The molecule has 9 nitrogen and oxygen atoms in total. The normalized spacial score (nSPS) is 15.4. The Balaban J connectivity index is 0.00000192. The van der Waals surface area contributed by atoms with Crippen LogP contribution in [0.15, 0.2) is 6.33 Å². The second-order valence-electron chi connectivity index (χ2n) is 5.35. The molecule has 0 aromatic carbocycles. The summed E-state index contributed by atoms with van der Waals surface area (Å²) in [6, 6.07) is 0. The van der Waals surface area contributed by atoms with Crippen molar-refractivity contribution in [2.24, 2.45) is 0 Å². The Morgan fingerprint density at radius 1 is 1.39 bits per heavy atom. The maximum atomic E-state index is 11.3. The first-order chi connectivity index (χ1) is 10.6. The Kier molecular flexibility index (Phi) is 5.12. The van der Waals surface area contributed by atoms with Gasteiger partial charge in [0.25, 0.3) is 0 Å². The fourth-order valence-electron chi connectivity index (χ4n) is 2.46. The molecule has 0 bridgehead atoms. The van der Waals surface area contributed by atoms with E-state index in [4.69, 9.17) is 5.41 Å². The van der Waals surface area contributed by atoms with Crippen LogP contribution >= 0.6 is 12.4 Å². The van der Waals surface area contributed by atoms with Crippen molar-refractivity contribution in [2.45, 2.75) is 6.54 Å². The molecule has 2 aromatic rings. The second-order valence-corrected chi connectivity index (χ2v) is 5.35. The van der Waals surface area contributed by atoms with Gasteiger partial charge in [0.1, 0.15) is 5.52 Å². The van der Waals surface area contributed by atoms with Crippen molar-refractivity contribution in [2.75, 3.05) is 38.1 Å². The van der Waals surface area contributed by atoms with Crippen LogP contribution in [0.5, 0.6) is 0 Å². The first-order valence-electron chi connectivity index (χ1n) is 6.99. The monoisotopic (exact) mass is 339 g/mol. The third kappa shape index (κ3) is 3.40. The molecule has 0 radical (unpaired) electrons. The van der Waals surface area contributed by atoms with Gasteiger partial charge in [-0.3, -0.25) is 15.0 Å². The molecule has 0 saturated carbocycles. The lowest BCUT2D eigenvalue weighted by Gasteiger charge is -2.31. The Morgan fingerprint density at radius 3 is 2.74 bits per heavy atom. The Hall–Kier alpha value is -2.26. The number of aromatic amines is 1. The lowest BCUT2D eigenvalue weighted by atomic mass is 10.3. The molecule has 124 valence electrons. The van der Waals surface area contributed by atoms with Crippen molar-refractivity contribution < 1.29 is 9.59 Å². The van der Waals surface area contributed by atoms with Crippen LogP contribution in [-0.4, -0.2) is 69.7 Å². The number of nitrogens with zero attached hydrogens (tertiary/aromatic N) is 5. The van der Waals surface area contributed by atoms with Gasteiger partial charge in [-0.2, -0.15) is 4.98 Å². The number of ketones is 1. The van der Waals surface area contributed by atoms with E-state index in [1.54, 1.807) is 0 Å². The number of Topliss-reactive ketones (excluding diaryl/α,β-unsaturated/α-hetero) is 1. The van der Waals surface area contributed by atoms with E-state index in [0.29, 0.717) is 17.1 Å². The maximum Gasteiger partial charge on any atom is 0.214 e. The zero-order valence-electron chi connectivity index (χ0n) is 12.7. The van der Waals surface area contributed by atoms with Gasteiger partial charge < -0.3 is 19.4 Å². The summed E-state index contributed by atoms with van der Waals surface area (Å²) < 4.78 is 1.49. The molecular formula is C13H18ClN7O2. The van der Waals surface area contributed by atoms with Gasteiger partial charge in [-0.1, -0.05) is 0 Å². The molecule has 10 heteroatoms. The summed E-state index contributed by atoms with van der Waals surface area (Å²) in [4.78, 5) is 37.7. The number of hydrogen-bond acceptors (Lipinski definition) is 7. The summed E-state index contributed by atoms with van der Waals surface area (Å²) in [6.07, 6.45) is 1.64. The van der Waals surface area contributed by atoms with Gasteiger partial charge >= 0.3 is 0 Å². The topological polar surface area (TPSA) is 111 Å². The Morgan fingerprint density at radius 2 is 2.09 bits per heavy atom. The van der Waals surface area contributed by atoms with E-state index in [0.717, 1.165) is 26.2 Å². The highest BCUT2D eigenvalue weighted by Gasteiger charge is 2.19. The van der Waals surface area contributed by atoms with E-state index in [2.05, 4.69) is 31.8 Å². The SMILES string of the molecule is CN1CCN(c2nc3c([nH]2)c(=N)ncn3CC(=O)C=O)CC1.Cl. The highest BCUT2D eigenvalue weighted by atomic mass is 35.5. The molecule has 1 aliphatic heterocycles. The average molecular weight is 340 g/mol. The smallest absolute Gasteiger partial charge is 0.214 e. The Bertz CT molecular complexity index is 776. The minimum absolute atomic E-state index is 0. The van der Waals surface area contributed by atoms with E-state index >= 15 is 0 Å². The van der Waals surface area contributed by atoms with Crippen LogP contribution in [0.3, 0.4) is 0 Å². The van der Waals surface area contributed by atoms with Crippen LogP contribution in [0, 0.1) is 5.41 Å². The molecule has 23 heavy (non-hydrogen) atoms. The summed E-state index contributed by atoms with van der Waals surface area (Å²) in [6.45, 7) is 3.42. The van der Waals surface area contributed by atoms with Crippen molar-refractivity contribution >= 4 is 41.6 Å². The predicted molar refractivity (Wildman–Crippen MR) is 85.8 cm³/mol. The zero-order chi connectivity index (χ0) is 15.7. The van der Waals surface area contributed by atoms with Crippen molar-refractivity contribution in [1.82, 2.24) is 24.4 Å². The number of likely N-dealkylation sites (N-methyl/N-ethyl adjacent to an activating group) is 1. The van der Waals surface area contributed by atoms with Crippen LogP contribution < -0.4 is 10.4 Å². The number of H-pyrrole nitrogens is 1. The molecule has 3 rings (SSSR count). The van der Waals surface area contributed by atoms with Crippen LogP contribution in [0.1, 0.15) is 0 Å². The average Bonchev–Trinajstić information content (AvgIpc) is 2.97. The molecule has 2 aromatic heterocycles. The Labute approximate surface area is 138 Å². The molecule has 3 heterocycles. The van der Waals surface area contributed by atoms with Crippen LogP contribution in [0.25, 0.3) is 11.2 Å². The number of carbonyl (C=O) groups excluding carboxylic acids is 2. The minimum atomic E-state index is -0.560. The van der Waals surface area contributed by atoms with E-state index in [9.17, 15) is 9.59 Å². The molecule has 1 saturated heterocycles. The molecule has 1 fully saturated rings. The summed E-state index contributed by atoms with van der Waals surface area (Å²) >= 11 is 0. The first-order valence-corrected chi connectivity index (χ1v) is 6.99. The highest BCUT2D eigenvalue weighted by Crippen LogP contribution is 2.16. The molecule has 1 aliphatic rings. The molecular weight excluding hydrogens is 322 g/mol. The lowest BCUT2D eigenvalue weighted by molar-refractivity contribution is -0.130. The number of aromatic nitrogens is 4. The van der Waals surface area contributed by atoms with Crippen molar-refractivity contribution in [3.8, 4) is 0 Å². The fraction of sp³-hybridized carbons (Fsp3) is 0.462. The van der Waals surface area contributed by atoms with E-state index in [1.807, 2.05) is 0 Å². The number of nitrogens with one attached hydrogen (secondary N) is 2. The van der Waals surface area contributed by atoms with Gasteiger partial charge in [0.05, 0.1) is 12.9 Å². The quantitative estimate of drug-likeness (QED) is 0.556. The van der Waals surface area contributed by atoms with Gasteiger partial charge in [-0.05, 0) is 7.05 Å². The molecule has 0 spiro atoms. The summed E-state index contributed by atoms with van der Waals surface area (Å²) in [7, 11) is 2.07. The highest BCUT2D eigenvalue weighted by molar-refractivity contribution is 6.24. The minimum Gasteiger partial charge on any atom is -0.340 e. The van der Waals surface area contributed by atoms with Gasteiger partial charge in [0, 0.05) is 26.2 Å². The number of piperazine rings is 1. The molecule has 0 unspecified atom stereocenters. The van der Waals surface area contributed by atoms with Crippen molar-refractivity contribution in [3.63, 3.8) is 0 Å². The standard InChI is InChI=1S/C13H17N7O2.ClH/c1-18-2-4-19(5-3-18)13-16-10-11(14)15-8-20(12(10)17-13)6-9(22)7-21;/h7-8,14H,2-6H2,1H3,(H,16,17);1H. The number of imidazole rings is 1. The molecule has 0 amide bonds. The molecule has 0 aliphatic carbocycles. The van der Waals surface area contributed by atoms with E-state index < -0.39 is 5.78 Å². The number of fused-ring (bicyclic) bond motifs is 1. The lowest BCUT2D eigenvalue weighted by Crippen LogP contribution is -2.44. The zero-order valence-corrected chi connectivity index (χ0v) is 13.5. The van der Waals surface area contributed by atoms with Crippen LogP contribution in [0.2, 0.25) is 0 Å². The first kappa shape index (κ1) is 17.1. The summed E-state index contributed by atoms with van der Waals surface area (Å²) in [5.74, 6) is 0.104. The third-order valence-corrected chi connectivity index (χ3v) is 3.77. The van der Waals surface area contributed by atoms with E-state index in [1.165, 1.54) is 10.9 Å². The van der Waals surface area contributed by atoms with Gasteiger partial charge in [0.15, 0.2) is 17.4 Å². The predicted octanol–water partition coefficient (Wildman–Crippen LogP) is -0.820. The number of aldehydes is 1. The van der Waals surface area contributed by atoms with Crippen molar-refractivity contribution in [1.29, 1.82) is 5.41 Å². The number of hydrogen-bond donors (Lipinski definition) is 2.